The van der Waals surface area contributed by atoms with E-state index in [0.29, 0.717) is 24.0 Å². The molecule has 1 unspecified atom stereocenters. The van der Waals surface area contributed by atoms with E-state index in [9.17, 15) is 5.11 Å². The molecule has 2 aliphatic heterocycles. The number of hydrogen-bond acceptors (Lipinski definition) is 5. The summed E-state index contributed by atoms with van der Waals surface area (Å²) in [5, 5.41) is 13.5. The highest BCUT2D eigenvalue weighted by Gasteiger charge is 2.27. The number of aromatic hydroxyl groups is 1. The highest BCUT2D eigenvalue weighted by molar-refractivity contribution is 14.0. The quantitative estimate of drug-likeness (QED) is 0.319. The van der Waals surface area contributed by atoms with E-state index in [1.54, 1.807) is 14.2 Å². The van der Waals surface area contributed by atoms with Crippen LogP contribution >= 0.6 is 24.0 Å². The first-order chi connectivity index (χ1) is 14.1. The molecule has 0 radical (unpaired) electrons. The van der Waals surface area contributed by atoms with E-state index in [1.807, 2.05) is 12.1 Å². The molecule has 2 heterocycles. The first-order valence-electron chi connectivity index (χ1n) is 10.8. The van der Waals surface area contributed by atoms with Crippen LogP contribution in [-0.4, -0.2) is 74.4 Å². The van der Waals surface area contributed by atoms with E-state index >= 15 is 0 Å². The van der Waals surface area contributed by atoms with Crippen LogP contribution in [0.3, 0.4) is 0 Å². The van der Waals surface area contributed by atoms with Crippen molar-refractivity contribution >= 4 is 29.9 Å². The predicted molar refractivity (Wildman–Crippen MR) is 131 cm³/mol. The number of halogens is 1. The number of piperidine rings is 1. The zero-order valence-electron chi connectivity index (χ0n) is 18.5. The van der Waals surface area contributed by atoms with Crippen molar-refractivity contribution in [2.24, 2.45) is 10.9 Å². The van der Waals surface area contributed by atoms with Gasteiger partial charge in [-0.15, -0.1) is 24.0 Å². The molecule has 1 atom stereocenters. The highest BCUT2D eigenvalue weighted by atomic mass is 127. The molecular weight excluding hydrogens is 495 g/mol. The van der Waals surface area contributed by atoms with Gasteiger partial charge in [0.25, 0.3) is 0 Å². The molecule has 170 valence electrons. The Kier molecular flexibility index (Phi) is 10.3. The van der Waals surface area contributed by atoms with Gasteiger partial charge in [0.05, 0.1) is 20.8 Å². The van der Waals surface area contributed by atoms with Gasteiger partial charge in [0, 0.05) is 26.2 Å². The molecule has 0 aromatic heterocycles. The zero-order valence-corrected chi connectivity index (χ0v) is 20.9. The topological polar surface area (TPSA) is 69.6 Å². The molecule has 0 spiro atoms. The van der Waals surface area contributed by atoms with Crippen molar-refractivity contribution in [2.75, 3.05) is 53.5 Å². The predicted octanol–water partition coefficient (Wildman–Crippen LogP) is 3.30. The Labute approximate surface area is 197 Å². The maximum Gasteiger partial charge on any atom is 0.200 e. The third-order valence-electron chi connectivity index (χ3n) is 5.84. The van der Waals surface area contributed by atoms with E-state index in [4.69, 9.17) is 14.5 Å². The summed E-state index contributed by atoms with van der Waals surface area (Å²) in [7, 11) is 3.08. The van der Waals surface area contributed by atoms with Gasteiger partial charge in [0.2, 0.25) is 5.75 Å². The summed E-state index contributed by atoms with van der Waals surface area (Å²) in [6, 6.07) is 3.63. The molecule has 0 amide bonds. The van der Waals surface area contributed by atoms with Gasteiger partial charge in [-0.25, -0.2) is 4.99 Å². The number of rotatable bonds is 7. The number of methoxy groups -OCH3 is 2. The zero-order chi connectivity index (χ0) is 20.6. The minimum Gasteiger partial charge on any atom is -0.502 e. The van der Waals surface area contributed by atoms with Crippen LogP contribution in [0.5, 0.6) is 17.2 Å². The summed E-state index contributed by atoms with van der Waals surface area (Å²) in [5.41, 5.74) is 0.941. The lowest BCUT2D eigenvalue weighted by Crippen LogP contribution is -2.41. The molecule has 3 rings (SSSR count). The highest BCUT2D eigenvalue weighted by Crippen LogP contribution is 2.37. The lowest BCUT2D eigenvalue weighted by atomic mass is 10.1. The Balaban J connectivity index is 0.00000320. The molecule has 1 aromatic rings. The maximum atomic E-state index is 10.1. The third kappa shape index (κ3) is 6.54. The molecule has 7 nitrogen and oxygen atoms in total. The molecule has 1 aromatic carbocycles. The molecule has 0 bridgehead atoms. The first kappa shape index (κ1) is 24.8. The van der Waals surface area contributed by atoms with Crippen LogP contribution < -0.4 is 14.8 Å². The second kappa shape index (κ2) is 12.4. The number of phenolic OH excluding ortho intramolecular Hbond substituents is 1. The summed E-state index contributed by atoms with van der Waals surface area (Å²) in [6.45, 7) is 9.28. The van der Waals surface area contributed by atoms with Crippen LogP contribution in [0.25, 0.3) is 0 Å². The average Bonchev–Trinajstić information content (AvgIpc) is 3.20. The largest absolute Gasteiger partial charge is 0.502 e. The fraction of sp³-hybridized carbons (Fsp3) is 0.682. The van der Waals surface area contributed by atoms with Crippen molar-refractivity contribution in [1.29, 1.82) is 0 Å². The molecule has 2 N–H and O–H groups in total. The van der Waals surface area contributed by atoms with Gasteiger partial charge in [-0.05, 0) is 62.9 Å². The number of likely N-dealkylation sites (tertiary alicyclic amines) is 2. The number of hydrogen-bond donors (Lipinski definition) is 2. The molecule has 30 heavy (non-hydrogen) atoms. The Morgan fingerprint density at radius 2 is 1.80 bits per heavy atom. The van der Waals surface area contributed by atoms with Gasteiger partial charge in [-0.3, -0.25) is 0 Å². The average molecular weight is 532 g/mol. The van der Waals surface area contributed by atoms with Gasteiger partial charge in [0.15, 0.2) is 17.5 Å². The van der Waals surface area contributed by atoms with E-state index in [2.05, 4.69) is 22.0 Å². The molecule has 2 saturated heterocycles. The summed E-state index contributed by atoms with van der Waals surface area (Å²) < 4.78 is 10.5. The summed E-state index contributed by atoms with van der Waals surface area (Å²) in [4.78, 5) is 9.87. The van der Waals surface area contributed by atoms with E-state index in [1.165, 1.54) is 45.3 Å². The summed E-state index contributed by atoms with van der Waals surface area (Å²) in [5.74, 6) is 2.50. The van der Waals surface area contributed by atoms with Crippen molar-refractivity contribution in [3.63, 3.8) is 0 Å². The van der Waals surface area contributed by atoms with Crippen LogP contribution in [0.1, 0.15) is 38.2 Å². The molecule has 0 aliphatic carbocycles. The van der Waals surface area contributed by atoms with Gasteiger partial charge >= 0.3 is 0 Å². The Morgan fingerprint density at radius 3 is 2.40 bits per heavy atom. The van der Waals surface area contributed by atoms with E-state index in [-0.39, 0.29) is 29.7 Å². The standard InChI is InChI=1S/C22H36N4O3.HI/c1-4-23-22(24-14-18-12-19(28-2)21(27)20(13-18)29-3)26-11-8-17(16-26)15-25-9-6-5-7-10-25;/h12-13,17,27H,4-11,14-16H2,1-3H3,(H,23,24);1H. The number of ether oxygens (including phenoxy) is 2. The van der Waals surface area contributed by atoms with Gasteiger partial charge in [-0.1, -0.05) is 6.42 Å². The molecule has 2 aliphatic rings. The monoisotopic (exact) mass is 532 g/mol. The minimum atomic E-state index is 0. The molecule has 8 heteroatoms. The number of nitrogens with one attached hydrogen (secondary N) is 1. The number of nitrogens with zero attached hydrogens (tertiary/aromatic N) is 3. The number of benzene rings is 1. The number of guanidine groups is 1. The second-order valence-electron chi connectivity index (χ2n) is 7.98. The third-order valence-corrected chi connectivity index (χ3v) is 5.84. The second-order valence-corrected chi connectivity index (χ2v) is 7.98. The number of aliphatic imine (C=N–C) groups is 1. The van der Waals surface area contributed by atoms with Crippen LogP contribution in [0.15, 0.2) is 17.1 Å². The Morgan fingerprint density at radius 1 is 1.13 bits per heavy atom. The lowest BCUT2D eigenvalue weighted by Gasteiger charge is -2.29. The normalized spacial score (nSPS) is 20.0. The van der Waals surface area contributed by atoms with Gasteiger partial charge in [0.1, 0.15) is 0 Å². The van der Waals surface area contributed by atoms with Crippen molar-refractivity contribution in [3.8, 4) is 17.2 Å². The van der Waals surface area contributed by atoms with Crippen LogP contribution in [0.4, 0.5) is 0 Å². The van der Waals surface area contributed by atoms with Crippen molar-refractivity contribution in [3.05, 3.63) is 17.7 Å². The Hall–Kier alpha value is -1.42. The fourth-order valence-electron chi connectivity index (χ4n) is 4.31. The number of phenols is 1. The minimum absolute atomic E-state index is 0. The van der Waals surface area contributed by atoms with Gasteiger partial charge in [-0.2, -0.15) is 0 Å². The molecular formula is C22H37IN4O3. The van der Waals surface area contributed by atoms with Crippen LogP contribution in [0.2, 0.25) is 0 Å². The van der Waals surface area contributed by atoms with E-state index < -0.39 is 0 Å². The van der Waals surface area contributed by atoms with Crippen LogP contribution in [-0.2, 0) is 6.54 Å². The fourth-order valence-corrected chi connectivity index (χ4v) is 4.31. The van der Waals surface area contributed by atoms with Crippen molar-refractivity contribution in [1.82, 2.24) is 15.1 Å². The first-order valence-corrected chi connectivity index (χ1v) is 10.8. The van der Waals surface area contributed by atoms with Crippen molar-refractivity contribution in [2.45, 2.75) is 39.2 Å². The SMILES string of the molecule is CCNC(=NCc1cc(OC)c(O)c(OC)c1)N1CCC(CN2CCCCC2)C1.I. The summed E-state index contributed by atoms with van der Waals surface area (Å²) >= 11 is 0. The smallest absolute Gasteiger partial charge is 0.200 e. The Bertz CT molecular complexity index is 670. The summed E-state index contributed by atoms with van der Waals surface area (Å²) in [6.07, 6.45) is 5.30. The van der Waals surface area contributed by atoms with Gasteiger partial charge < -0.3 is 29.7 Å². The van der Waals surface area contributed by atoms with Crippen molar-refractivity contribution < 1.29 is 14.6 Å². The van der Waals surface area contributed by atoms with E-state index in [0.717, 1.165) is 31.2 Å². The van der Waals surface area contributed by atoms with Crippen LogP contribution in [0, 0.1) is 5.92 Å². The molecule has 0 saturated carbocycles. The maximum absolute atomic E-state index is 10.1. The molecule has 2 fully saturated rings. The lowest BCUT2D eigenvalue weighted by molar-refractivity contribution is 0.198.